The summed E-state index contributed by atoms with van der Waals surface area (Å²) in [6, 6.07) is 2.88. The van der Waals surface area contributed by atoms with Crippen LogP contribution in [0.5, 0.6) is 5.88 Å². The molecule has 4 fully saturated rings. The van der Waals surface area contributed by atoms with E-state index in [1.54, 1.807) is 12.1 Å². The number of halogens is 1. The number of hydrogen-bond donors (Lipinski definition) is 3. The number of fused-ring (bicyclic) bond motifs is 4. The highest BCUT2D eigenvalue weighted by molar-refractivity contribution is 5.78. The first-order chi connectivity index (χ1) is 15.3. The summed E-state index contributed by atoms with van der Waals surface area (Å²) in [6.07, 6.45) is 4.34. The van der Waals surface area contributed by atoms with Gasteiger partial charge in [0.1, 0.15) is 11.9 Å². The van der Waals surface area contributed by atoms with E-state index in [-0.39, 0.29) is 30.2 Å². The van der Waals surface area contributed by atoms with Crippen LogP contribution in [0, 0.1) is 5.82 Å². The predicted octanol–water partition coefficient (Wildman–Crippen LogP) is 2.16. The summed E-state index contributed by atoms with van der Waals surface area (Å²) in [7, 11) is 0. The third-order valence-corrected chi connectivity index (χ3v) is 7.00. The maximum Gasteiger partial charge on any atom is 0.405 e. The van der Waals surface area contributed by atoms with Gasteiger partial charge in [-0.25, -0.2) is 14.2 Å². The van der Waals surface area contributed by atoms with Gasteiger partial charge in [0.15, 0.2) is 0 Å². The zero-order valence-electron chi connectivity index (χ0n) is 17.7. The molecule has 1 aliphatic carbocycles. The van der Waals surface area contributed by atoms with Crippen LogP contribution in [-0.2, 0) is 15.9 Å². The standard InChI is InChI=1S/C22H27FN4O5/c23-14-9-25-15-1-2-18(32-17-11-30-10-16(17)26-20(28)29)27-19(15)13(14)3-4-22-7-5-21(24,6-8-22)12-31-22/h1-2,9,16-17,26H,3-8,10-12,24H2,(H,28,29). The lowest BCUT2D eigenvalue weighted by molar-refractivity contribution is -0.156. The van der Waals surface area contributed by atoms with Crippen LogP contribution in [-0.4, -0.2) is 64.3 Å². The SMILES string of the molecule is NC12CCC(CCc3c(F)cnc4ccc(OC5COCC5NC(=O)O)nc34)(CC1)OC2. The van der Waals surface area contributed by atoms with E-state index in [1.165, 1.54) is 6.20 Å². The van der Waals surface area contributed by atoms with Crippen LogP contribution in [0.25, 0.3) is 11.0 Å². The number of carbonyl (C=O) groups is 1. The fourth-order valence-electron chi connectivity index (χ4n) is 4.94. The molecule has 32 heavy (non-hydrogen) atoms. The molecular weight excluding hydrogens is 419 g/mol. The molecule has 2 unspecified atom stereocenters. The lowest BCUT2D eigenvalue weighted by Gasteiger charge is -2.51. The Bertz CT molecular complexity index is 1010. The summed E-state index contributed by atoms with van der Waals surface area (Å²) in [4.78, 5) is 19.7. The molecule has 172 valence electrons. The van der Waals surface area contributed by atoms with Gasteiger partial charge in [-0.15, -0.1) is 0 Å². The number of rotatable bonds is 6. The van der Waals surface area contributed by atoms with Gasteiger partial charge in [-0.2, -0.15) is 0 Å². The molecule has 2 aromatic heterocycles. The van der Waals surface area contributed by atoms with Crippen molar-refractivity contribution in [1.29, 1.82) is 0 Å². The molecule has 6 rings (SSSR count). The second-order valence-electron chi connectivity index (χ2n) is 9.19. The van der Waals surface area contributed by atoms with E-state index in [0.717, 1.165) is 25.7 Å². The summed E-state index contributed by atoms with van der Waals surface area (Å²) in [5.41, 5.74) is 7.36. The van der Waals surface area contributed by atoms with Gasteiger partial charge in [-0.05, 0) is 44.6 Å². The van der Waals surface area contributed by atoms with Crippen LogP contribution in [0.1, 0.15) is 37.7 Å². The van der Waals surface area contributed by atoms with Crippen LogP contribution >= 0.6 is 0 Å². The van der Waals surface area contributed by atoms with Crippen LogP contribution in [0.3, 0.4) is 0 Å². The molecule has 1 saturated carbocycles. The first kappa shape index (κ1) is 21.3. The van der Waals surface area contributed by atoms with E-state index in [2.05, 4.69) is 15.3 Å². The van der Waals surface area contributed by atoms with E-state index in [4.69, 9.17) is 25.1 Å². The van der Waals surface area contributed by atoms with Crippen molar-refractivity contribution in [2.75, 3.05) is 19.8 Å². The number of nitrogens with zero attached hydrogens (tertiary/aromatic N) is 2. The van der Waals surface area contributed by atoms with E-state index in [9.17, 15) is 9.18 Å². The van der Waals surface area contributed by atoms with Gasteiger partial charge in [0, 0.05) is 17.2 Å². The summed E-state index contributed by atoms with van der Waals surface area (Å²) < 4.78 is 32.2. The van der Waals surface area contributed by atoms with Crippen LogP contribution < -0.4 is 15.8 Å². The summed E-state index contributed by atoms with van der Waals surface area (Å²) in [6.45, 7) is 1.01. The quantitative estimate of drug-likeness (QED) is 0.616. The highest BCUT2D eigenvalue weighted by atomic mass is 19.1. The molecule has 9 nitrogen and oxygen atoms in total. The average molecular weight is 446 g/mol. The van der Waals surface area contributed by atoms with Gasteiger partial charge in [-0.1, -0.05) is 0 Å². The van der Waals surface area contributed by atoms with Crippen molar-refractivity contribution in [3.8, 4) is 5.88 Å². The van der Waals surface area contributed by atoms with Crippen LogP contribution in [0.4, 0.5) is 9.18 Å². The van der Waals surface area contributed by atoms with Gasteiger partial charge in [-0.3, -0.25) is 4.98 Å². The van der Waals surface area contributed by atoms with Gasteiger partial charge in [0.25, 0.3) is 0 Å². The Kier molecular flexibility index (Phi) is 5.39. The molecule has 2 aromatic rings. The molecule has 1 amide bonds. The number of nitrogens with one attached hydrogen (secondary N) is 1. The Morgan fingerprint density at radius 3 is 2.84 bits per heavy atom. The lowest BCUT2D eigenvalue weighted by Crippen LogP contribution is -2.59. The van der Waals surface area contributed by atoms with E-state index in [0.29, 0.717) is 36.0 Å². The third kappa shape index (κ3) is 4.10. The smallest absolute Gasteiger partial charge is 0.405 e. The number of aryl methyl sites for hydroxylation is 1. The average Bonchev–Trinajstić information content (AvgIpc) is 3.20. The topological polar surface area (TPSA) is 129 Å². The largest absolute Gasteiger partial charge is 0.470 e. The first-order valence-corrected chi connectivity index (χ1v) is 11.0. The number of ether oxygens (including phenoxy) is 3. The summed E-state index contributed by atoms with van der Waals surface area (Å²) >= 11 is 0. The highest BCUT2D eigenvalue weighted by Crippen LogP contribution is 2.45. The Labute approximate surface area is 184 Å². The minimum Gasteiger partial charge on any atom is -0.470 e. The fraction of sp³-hybridized carbons (Fsp3) is 0.591. The van der Waals surface area contributed by atoms with Crippen molar-refractivity contribution < 1.29 is 28.5 Å². The van der Waals surface area contributed by atoms with Gasteiger partial charge >= 0.3 is 6.09 Å². The Balaban J connectivity index is 1.36. The zero-order chi connectivity index (χ0) is 22.3. The Hall–Kier alpha value is -2.56. The minimum atomic E-state index is -1.15. The molecule has 2 bridgehead atoms. The predicted molar refractivity (Wildman–Crippen MR) is 112 cm³/mol. The highest BCUT2D eigenvalue weighted by Gasteiger charge is 2.47. The molecule has 0 spiro atoms. The van der Waals surface area contributed by atoms with Crippen molar-refractivity contribution in [3.05, 3.63) is 29.7 Å². The Morgan fingerprint density at radius 2 is 2.12 bits per heavy atom. The molecule has 3 saturated heterocycles. The number of amides is 1. The fourth-order valence-corrected chi connectivity index (χ4v) is 4.94. The third-order valence-electron chi connectivity index (χ3n) is 7.00. The van der Waals surface area contributed by atoms with Crippen molar-refractivity contribution >= 4 is 17.1 Å². The molecule has 0 radical (unpaired) electrons. The first-order valence-electron chi connectivity index (χ1n) is 11.0. The van der Waals surface area contributed by atoms with Crippen LogP contribution in [0.15, 0.2) is 18.3 Å². The van der Waals surface area contributed by atoms with Crippen LogP contribution in [0.2, 0.25) is 0 Å². The maximum atomic E-state index is 14.8. The normalized spacial score (nSPS) is 31.7. The van der Waals surface area contributed by atoms with E-state index in [1.807, 2.05) is 0 Å². The summed E-state index contributed by atoms with van der Waals surface area (Å²) in [5, 5.41) is 11.4. The van der Waals surface area contributed by atoms with Crippen molar-refractivity contribution in [1.82, 2.24) is 15.3 Å². The van der Waals surface area contributed by atoms with Crippen molar-refractivity contribution in [3.63, 3.8) is 0 Å². The molecule has 2 atom stereocenters. The molecule has 0 aromatic carbocycles. The van der Waals surface area contributed by atoms with Gasteiger partial charge in [0.05, 0.1) is 48.7 Å². The monoisotopic (exact) mass is 446 g/mol. The lowest BCUT2D eigenvalue weighted by atomic mass is 9.70. The maximum absolute atomic E-state index is 14.8. The van der Waals surface area contributed by atoms with Crippen molar-refractivity contribution in [2.45, 2.75) is 61.8 Å². The number of carboxylic acid groups (broad SMARTS) is 1. The zero-order valence-corrected chi connectivity index (χ0v) is 17.7. The number of hydrogen-bond acceptors (Lipinski definition) is 7. The van der Waals surface area contributed by atoms with E-state index < -0.39 is 24.1 Å². The second kappa shape index (κ2) is 8.09. The molecule has 4 N–H and O–H groups in total. The summed E-state index contributed by atoms with van der Waals surface area (Å²) in [5.74, 6) is -0.135. The van der Waals surface area contributed by atoms with Gasteiger partial charge < -0.3 is 30.4 Å². The number of nitrogens with two attached hydrogens (primary N) is 1. The van der Waals surface area contributed by atoms with Gasteiger partial charge in [0.2, 0.25) is 5.88 Å². The molecule has 3 aliphatic heterocycles. The number of aromatic nitrogens is 2. The van der Waals surface area contributed by atoms with E-state index >= 15 is 0 Å². The molecule has 10 heteroatoms. The molecule has 5 heterocycles. The minimum absolute atomic E-state index is 0.207. The second-order valence-corrected chi connectivity index (χ2v) is 9.19. The Morgan fingerprint density at radius 1 is 1.31 bits per heavy atom. The van der Waals surface area contributed by atoms with Crippen molar-refractivity contribution in [2.24, 2.45) is 5.73 Å². The molecule has 4 aliphatic rings. The number of pyridine rings is 2. The molecular formula is C22H27FN4O5.